The number of hydrazine groups is 1. The van der Waals surface area contributed by atoms with Gasteiger partial charge in [-0.05, 0) is 44.2 Å². The van der Waals surface area contributed by atoms with Crippen LogP contribution >= 0.6 is 0 Å². The average Bonchev–Trinajstić information content (AvgIpc) is 2.79. The summed E-state index contributed by atoms with van der Waals surface area (Å²) in [7, 11) is 0. The van der Waals surface area contributed by atoms with E-state index in [2.05, 4.69) is 31.1 Å². The lowest BCUT2D eigenvalue weighted by Gasteiger charge is -2.52. The van der Waals surface area contributed by atoms with Crippen LogP contribution in [0.15, 0.2) is 0 Å². The number of nitrogens with zero attached hydrogens (tertiary/aromatic N) is 1. The molecule has 106 valence electrons. The van der Waals surface area contributed by atoms with E-state index in [0.29, 0.717) is 11.6 Å². The first-order valence-corrected chi connectivity index (χ1v) is 7.72. The van der Waals surface area contributed by atoms with Gasteiger partial charge in [0.25, 0.3) is 0 Å². The van der Waals surface area contributed by atoms with Crippen LogP contribution in [0, 0.1) is 5.41 Å². The van der Waals surface area contributed by atoms with E-state index in [1.165, 1.54) is 58.0 Å². The Hall–Kier alpha value is -0.120. The summed E-state index contributed by atoms with van der Waals surface area (Å²) in [6.07, 6.45) is 9.50. The van der Waals surface area contributed by atoms with Gasteiger partial charge in [0.05, 0.1) is 0 Å². The molecule has 0 aromatic heterocycles. The van der Waals surface area contributed by atoms with Crippen molar-refractivity contribution in [2.75, 3.05) is 13.1 Å². The molecule has 2 fully saturated rings. The molecule has 3 nitrogen and oxygen atoms in total. The van der Waals surface area contributed by atoms with Crippen LogP contribution in [0.2, 0.25) is 0 Å². The van der Waals surface area contributed by atoms with Gasteiger partial charge < -0.3 is 0 Å². The summed E-state index contributed by atoms with van der Waals surface area (Å²) in [5, 5.41) is 0. The maximum absolute atomic E-state index is 5.95. The SMILES string of the molecule is CC(C)(C)C(NN)C1(N2CCCCC2)CCCC1. The van der Waals surface area contributed by atoms with E-state index in [9.17, 15) is 0 Å². The lowest BCUT2D eigenvalue weighted by Crippen LogP contribution is -2.66. The second-order valence-corrected chi connectivity index (χ2v) is 7.32. The third-order valence-electron chi connectivity index (χ3n) is 5.03. The van der Waals surface area contributed by atoms with Crippen molar-refractivity contribution < 1.29 is 0 Å². The van der Waals surface area contributed by atoms with Crippen LogP contribution in [0.25, 0.3) is 0 Å². The van der Waals surface area contributed by atoms with Crippen molar-refractivity contribution in [2.24, 2.45) is 11.3 Å². The molecular weight excluding hydrogens is 222 g/mol. The zero-order valence-corrected chi connectivity index (χ0v) is 12.5. The predicted octanol–water partition coefficient (Wildman–Crippen LogP) is 2.66. The molecule has 1 atom stereocenters. The highest BCUT2D eigenvalue weighted by Crippen LogP contribution is 2.44. The third kappa shape index (κ3) is 2.59. The molecule has 2 rings (SSSR count). The molecular formula is C15H31N3. The van der Waals surface area contributed by atoms with Gasteiger partial charge in [0.15, 0.2) is 0 Å². The smallest absolute Gasteiger partial charge is 0.0443 e. The molecule has 1 heterocycles. The van der Waals surface area contributed by atoms with Crippen molar-refractivity contribution >= 4 is 0 Å². The van der Waals surface area contributed by atoms with Crippen LogP contribution < -0.4 is 11.3 Å². The minimum atomic E-state index is 0.219. The summed E-state index contributed by atoms with van der Waals surface area (Å²) in [6, 6.07) is 0.394. The Balaban J connectivity index is 2.24. The Kier molecular flexibility index (Phi) is 4.35. The summed E-state index contributed by atoms with van der Waals surface area (Å²) in [5.41, 5.74) is 3.71. The first-order valence-electron chi connectivity index (χ1n) is 7.72. The second-order valence-electron chi connectivity index (χ2n) is 7.32. The standard InChI is InChI=1S/C15H31N3/c1-14(2,3)13(17-16)15(9-5-6-10-15)18-11-7-4-8-12-18/h13,17H,4-12,16H2,1-3H3. The largest absolute Gasteiger partial charge is 0.296 e. The fourth-order valence-corrected chi connectivity index (χ4v) is 4.33. The summed E-state index contributed by atoms with van der Waals surface area (Å²) >= 11 is 0. The highest BCUT2D eigenvalue weighted by Gasteiger charge is 2.49. The first-order chi connectivity index (χ1) is 8.50. The van der Waals surface area contributed by atoms with E-state index >= 15 is 0 Å². The lowest BCUT2D eigenvalue weighted by molar-refractivity contribution is -0.0000742. The molecule has 1 aliphatic heterocycles. The summed E-state index contributed by atoms with van der Waals surface area (Å²) < 4.78 is 0. The maximum atomic E-state index is 5.95. The van der Waals surface area contributed by atoms with Crippen molar-refractivity contribution in [1.82, 2.24) is 10.3 Å². The van der Waals surface area contributed by atoms with Gasteiger partial charge in [0.2, 0.25) is 0 Å². The minimum absolute atomic E-state index is 0.219. The van der Waals surface area contributed by atoms with E-state index in [-0.39, 0.29) is 5.41 Å². The predicted molar refractivity (Wildman–Crippen MR) is 77.2 cm³/mol. The number of piperidine rings is 1. The van der Waals surface area contributed by atoms with Gasteiger partial charge in [0.1, 0.15) is 0 Å². The molecule has 3 heteroatoms. The Labute approximate surface area is 112 Å². The van der Waals surface area contributed by atoms with Crippen LogP contribution in [0.3, 0.4) is 0 Å². The van der Waals surface area contributed by atoms with Crippen LogP contribution in [0.5, 0.6) is 0 Å². The highest BCUT2D eigenvalue weighted by atomic mass is 15.3. The third-order valence-corrected chi connectivity index (χ3v) is 5.03. The molecule has 3 N–H and O–H groups in total. The summed E-state index contributed by atoms with van der Waals surface area (Å²) in [5.74, 6) is 5.95. The number of nitrogens with two attached hydrogens (primary N) is 1. The number of hydrogen-bond donors (Lipinski definition) is 2. The lowest BCUT2D eigenvalue weighted by atomic mass is 9.72. The number of nitrogens with one attached hydrogen (secondary N) is 1. The zero-order valence-electron chi connectivity index (χ0n) is 12.5. The zero-order chi connectivity index (χ0) is 13.2. The van der Waals surface area contributed by atoms with Crippen molar-refractivity contribution in [1.29, 1.82) is 0 Å². The highest BCUT2D eigenvalue weighted by molar-refractivity contribution is 5.07. The molecule has 0 bridgehead atoms. The Bertz CT molecular complexity index is 257. The summed E-state index contributed by atoms with van der Waals surface area (Å²) in [6.45, 7) is 9.51. The topological polar surface area (TPSA) is 41.3 Å². The van der Waals surface area contributed by atoms with Gasteiger partial charge in [-0.15, -0.1) is 0 Å². The fourth-order valence-electron chi connectivity index (χ4n) is 4.33. The van der Waals surface area contributed by atoms with Gasteiger partial charge in [0, 0.05) is 11.6 Å². The Morgan fingerprint density at radius 2 is 1.56 bits per heavy atom. The molecule has 0 aromatic rings. The second kappa shape index (κ2) is 5.48. The molecule has 0 spiro atoms. The van der Waals surface area contributed by atoms with Crippen LogP contribution in [0.4, 0.5) is 0 Å². The normalized spacial score (nSPS) is 27.3. The van der Waals surface area contributed by atoms with E-state index in [1.54, 1.807) is 0 Å². The Morgan fingerprint density at radius 1 is 1.00 bits per heavy atom. The van der Waals surface area contributed by atoms with Gasteiger partial charge in [-0.1, -0.05) is 40.0 Å². The quantitative estimate of drug-likeness (QED) is 0.600. The van der Waals surface area contributed by atoms with E-state index in [1.807, 2.05) is 0 Å². The molecule has 1 saturated heterocycles. The van der Waals surface area contributed by atoms with Crippen LogP contribution in [0.1, 0.15) is 65.7 Å². The number of rotatable bonds is 3. The first kappa shape index (κ1) is 14.3. The van der Waals surface area contributed by atoms with E-state index in [0.717, 1.165) is 0 Å². The van der Waals surface area contributed by atoms with E-state index in [4.69, 9.17) is 5.84 Å². The van der Waals surface area contributed by atoms with Gasteiger partial charge >= 0.3 is 0 Å². The minimum Gasteiger partial charge on any atom is -0.296 e. The van der Waals surface area contributed by atoms with Crippen LogP contribution in [-0.2, 0) is 0 Å². The molecule has 0 aromatic carbocycles. The molecule has 0 radical (unpaired) electrons. The molecule has 18 heavy (non-hydrogen) atoms. The fraction of sp³-hybridized carbons (Fsp3) is 1.00. The van der Waals surface area contributed by atoms with Crippen LogP contribution in [-0.4, -0.2) is 29.6 Å². The number of likely N-dealkylation sites (tertiary alicyclic amines) is 1. The molecule has 1 aliphatic carbocycles. The molecule has 1 unspecified atom stereocenters. The van der Waals surface area contributed by atoms with Crippen molar-refractivity contribution in [2.45, 2.75) is 77.3 Å². The Morgan fingerprint density at radius 3 is 2.00 bits per heavy atom. The van der Waals surface area contributed by atoms with E-state index < -0.39 is 0 Å². The molecule has 1 saturated carbocycles. The number of hydrogen-bond acceptors (Lipinski definition) is 3. The maximum Gasteiger partial charge on any atom is 0.0443 e. The molecule has 0 amide bonds. The van der Waals surface area contributed by atoms with Gasteiger partial charge in [-0.3, -0.25) is 16.2 Å². The molecule has 2 aliphatic rings. The van der Waals surface area contributed by atoms with Gasteiger partial charge in [-0.25, -0.2) is 0 Å². The monoisotopic (exact) mass is 253 g/mol. The summed E-state index contributed by atoms with van der Waals surface area (Å²) in [4.78, 5) is 2.76. The van der Waals surface area contributed by atoms with Crippen molar-refractivity contribution in [3.63, 3.8) is 0 Å². The van der Waals surface area contributed by atoms with Crippen molar-refractivity contribution in [3.05, 3.63) is 0 Å². The van der Waals surface area contributed by atoms with Crippen molar-refractivity contribution in [3.8, 4) is 0 Å². The average molecular weight is 253 g/mol. The van der Waals surface area contributed by atoms with Gasteiger partial charge in [-0.2, -0.15) is 0 Å².